The largest absolute Gasteiger partial charge is 0.394 e. The second-order valence-electron chi connectivity index (χ2n) is 7.59. The number of aliphatic hydroxyl groups is 1. The van der Waals surface area contributed by atoms with E-state index < -0.39 is 0 Å². The molecule has 0 amide bonds. The van der Waals surface area contributed by atoms with Crippen molar-refractivity contribution in [3.05, 3.63) is 50.1 Å². The quantitative estimate of drug-likeness (QED) is 0.314. The lowest BCUT2D eigenvalue weighted by Crippen LogP contribution is -2.27. The van der Waals surface area contributed by atoms with E-state index in [1.54, 1.807) is 28.0 Å². The molecule has 1 N–H and O–H groups in total. The van der Waals surface area contributed by atoms with Crippen LogP contribution in [-0.4, -0.2) is 68.3 Å². The second kappa shape index (κ2) is 9.12. The number of nitrogens with zero attached hydrogens (tertiary/aromatic N) is 5. The van der Waals surface area contributed by atoms with Crippen LogP contribution >= 0.6 is 34.7 Å². The molecule has 0 unspecified atom stereocenters. The molecule has 168 valence electrons. The minimum absolute atomic E-state index is 0.00170. The Bertz CT molecular complexity index is 1330. The fourth-order valence-corrected chi connectivity index (χ4v) is 6.34. The number of halogens is 1. The second-order valence-corrected chi connectivity index (χ2v) is 10.2. The monoisotopic (exact) mass is 491 g/mol. The van der Waals surface area contributed by atoms with Crippen molar-refractivity contribution in [3.63, 3.8) is 0 Å². The van der Waals surface area contributed by atoms with Crippen LogP contribution in [0.1, 0.15) is 10.4 Å². The molecule has 0 radical (unpaired) electrons. The van der Waals surface area contributed by atoms with Gasteiger partial charge in [0, 0.05) is 28.7 Å². The molecule has 4 aromatic rings. The summed E-state index contributed by atoms with van der Waals surface area (Å²) in [4.78, 5) is 18.2. The molecular weight excluding hydrogens is 470 g/mol. The molecule has 3 aromatic heterocycles. The van der Waals surface area contributed by atoms with Crippen LogP contribution in [0.4, 0.5) is 0 Å². The van der Waals surface area contributed by atoms with E-state index in [0.29, 0.717) is 40.6 Å². The summed E-state index contributed by atoms with van der Waals surface area (Å²) in [7, 11) is 2.10. The molecule has 5 rings (SSSR count). The first kappa shape index (κ1) is 21.9. The average Bonchev–Trinajstić information content (AvgIpc) is 3.36. The first-order valence-corrected chi connectivity index (χ1v) is 12.5. The van der Waals surface area contributed by atoms with Crippen LogP contribution in [-0.2, 0) is 17.7 Å². The third-order valence-corrected chi connectivity index (χ3v) is 7.79. The van der Waals surface area contributed by atoms with Crippen molar-refractivity contribution >= 4 is 50.7 Å². The summed E-state index contributed by atoms with van der Waals surface area (Å²) in [5.41, 5.74) is 1.76. The van der Waals surface area contributed by atoms with E-state index >= 15 is 0 Å². The van der Waals surface area contributed by atoms with E-state index in [-0.39, 0.29) is 12.2 Å². The van der Waals surface area contributed by atoms with Gasteiger partial charge in [-0.2, -0.15) is 0 Å². The van der Waals surface area contributed by atoms with Crippen LogP contribution in [0, 0.1) is 0 Å². The highest BCUT2D eigenvalue weighted by atomic mass is 35.5. The van der Waals surface area contributed by atoms with Crippen molar-refractivity contribution in [3.8, 4) is 5.69 Å². The van der Waals surface area contributed by atoms with Gasteiger partial charge < -0.3 is 14.7 Å². The van der Waals surface area contributed by atoms with Crippen LogP contribution in [0.5, 0.6) is 0 Å². The summed E-state index contributed by atoms with van der Waals surface area (Å²) < 4.78 is 9.00. The Balaban J connectivity index is 1.71. The maximum absolute atomic E-state index is 13.8. The lowest BCUT2D eigenvalue weighted by Gasteiger charge is -2.21. The van der Waals surface area contributed by atoms with Gasteiger partial charge in [-0.05, 0) is 43.3 Å². The summed E-state index contributed by atoms with van der Waals surface area (Å²) in [5, 5.41) is 19.8. The molecule has 0 saturated heterocycles. The summed E-state index contributed by atoms with van der Waals surface area (Å²) >= 11 is 9.26. The van der Waals surface area contributed by atoms with Gasteiger partial charge in [-0.1, -0.05) is 23.4 Å². The molecule has 1 aliphatic rings. The fourth-order valence-electron chi connectivity index (χ4n) is 3.96. The zero-order valence-corrected chi connectivity index (χ0v) is 19.8. The molecule has 32 heavy (non-hydrogen) atoms. The van der Waals surface area contributed by atoms with Crippen molar-refractivity contribution in [1.82, 2.24) is 24.1 Å². The predicted molar refractivity (Wildman–Crippen MR) is 128 cm³/mol. The van der Waals surface area contributed by atoms with Gasteiger partial charge in [-0.3, -0.25) is 4.79 Å². The van der Waals surface area contributed by atoms with Gasteiger partial charge in [0.15, 0.2) is 5.16 Å². The molecule has 4 heterocycles. The Kier molecular flexibility index (Phi) is 6.24. The van der Waals surface area contributed by atoms with Gasteiger partial charge in [-0.15, -0.1) is 21.5 Å². The van der Waals surface area contributed by atoms with Crippen LogP contribution in [0.25, 0.3) is 21.7 Å². The third kappa shape index (κ3) is 3.85. The minimum Gasteiger partial charge on any atom is -0.394 e. The van der Waals surface area contributed by atoms with E-state index in [1.165, 1.54) is 16.6 Å². The summed E-state index contributed by atoms with van der Waals surface area (Å²) in [6.45, 7) is 2.56. The van der Waals surface area contributed by atoms with E-state index in [9.17, 15) is 4.79 Å². The molecule has 0 fully saturated rings. The topological polar surface area (TPSA) is 84.9 Å². The number of ether oxygens (including phenoxy) is 1. The molecule has 8 nitrogen and oxygen atoms in total. The average molecular weight is 492 g/mol. The van der Waals surface area contributed by atoms with Crippen molar-refractivity contribution in [1.29, 1.82) is 0 Å². The highest BCUT2D eigenvalue weighted by Crippen LogP contribution is 2.35. The molecule has 0 bridgehead atoms. The van der Waals surface area contributed by atoms with Crippen LogP contribution in [0.2, 0.25) is 5.02 Å². The lowest BCUT2D eigenvalue weighted by molar-refractivity contribution is 0.103. The van der Waals surface area contributed by atoms with Crippen molar-refractivity contribution in [2.75, 3.05) is 39.2 Å². The number of fused-ring (bicyclic) bond motifs is 5. The molecule has 0 spiro atoms. The van der Waals surface area contributed by atoms with Crippen molar-refractivity contribution in [2.24, 2.45) is 0 Å². The van der Waals surface area contributed by atoms with Crippen LogP contribution in [0.15, 0.2) is 34.2 Å². The SMILES string of the molecule is CN1CCc2c(sc3c2c(=O)n(-c2ccc(Cl)cc2)c2nnc(SCCOCCO)n32)C1. The number of rotatable bonds is 7. The zero-order valence-electron chi connectivity index (χ0n) is 17.5. The van der Waals surface area contributed by atoms with E-state index in [4.69, 9.17) is 21.4 Å². The molecular formula is C21H22ClN5O3S2. The molecule has 1 aromatic carbocycles. The highest BCUT2D eigenvalue weighted by molar-refractivity contribution is 7.99. The molecule has 0 aliphatic carbocycles. The van der Waals surface area contributed by atoms with Crippen molar-refractivity contribution < 1.29 is 9.84 Å². The normalized spacial score (nSPS) is 14.5. The zero-order chi connectivity index (χ0) is 22.2. The van der Waals surface area contributed by atoms with Crippen LogP contribution in [0.3, 0.4) is 0 Å². The Morgan fingerprint density at radius 1 is 1.25 bits per heavy atom. The maximum Gasteiger partial charge on any atom is 0.268 e. The fraction of sp³-hybridized carbons (Fsp3) is 0.381. The van der Waals surface area contributed by atoms with Gasteiger partial charge in [-0.25, -0.2) is 8.97 Å². The number of benzene rings is 1. The molecule has 1 aliphatic heterocycles. The summed E-state index contributed by atoms with van der Waals surface area (Å²) in [6, 6.07) is 7.19. The van der Waals surface area contributed by atoms with Gasteiger partial charge in [0.1, 0.15) is 4.83 Å². The first-order chi connectivity index (χ1) is 15.6. The maximum atomic E-state index is 13.8. The summed E-state index contributed by atoms with van der Waals surface area (Å²) in [5.74, 6) is 1.14. The summed E-state index contributed by atoms with van der Waals surface area (Å²) in [6.07, 6.45) is 0.840. The number of aromatic nitrogens is 4. The van der Waals surface area contributed by atoms with Crippen LogP contribution < -0.4 is 5.56 Å². The number of aliphatic hydroxyl groups excluding tert-OH is 1. The Morgan fingerprint density at radius 2 is 2.06 bits per heavy atom. The van der Waals surface area contributed by atoms with Gasteiger partial charge in [0.2, 0.25) is 5.78 Å². The highest BCUT2D eigenvalue weighted by Gasteiger charge is 2.26. The van der Waals surface area contributed by atoms with Gasteiger partial charge in [0.25, 0.3) is 5.56 Å². The number of hydrogen-bond acceptors (Lipinski definition) is 8. The lowest BCUT2D eigenvalue weighted by atomic mass is 10.1. The number of thiophene rings is 1. The van der Waals surface area contributed by atoms with Crippen molar-refractivity contribution in [2.45, 2.75) is 18.1 Å². The van der Waals surface area contributed by atoms with Gasteiger partial charge >= 0.3 is 0 Å². The van der Waals surface area contributed by atoms with Gasteiger partial charge in [0.05, 0.1) is 30.9 Å². The number of likely N-dealkylation sites (N-methyl/N-ethyl adjacent to an activating group) is 1. The Morgan fingerprint density at radius 3 is 2.84 bits per heavy atom. The Hall–Kier alpha value is -1.95. The third-order valence-electron chi connectivity index (χ3n) is 5.44. The predicted octanol–water partition coefficient (Wildman–Crippen LogP) is 2.84. The minimum atomic E-state index is -0.0768. The molecule has 11 heteroatoms. The number of thioether (sulfide) groups is 1. The smallest absolute Gasteiger partial charge is 0.268 e. The Labute approximate surface area is 197 Å². The molecule has 0 atom stereocenters. The standard InChI is InChI=1S/C21H22ClN5O3S2/c1-25-7-6-15-16(12-25)32-19-17(15)18(29)26(14-4-2-13(22)3-5-14)20-23-24-21(27(19)20)31-11-10-30-9-8-28/h2-5,28H,6-12H2,1H3. The van der Waals surface area contributed by atoms with E-state index in [2.05, 4.69) is 22.1 Å². The number of hydrogen-bond donors (Lipinski definition) is 1. The first-order valence-electron chi connectivity index (χ1n) is 10.3. The van der Waals surface area contributed by atoms with E-state index in [0.717, 1.165) is 35.3 Å². The van der Waals surface area contributed by atoms with E-state index in [1.807, 2.05) is 16.5 Å². The molecule has 0 saturated carbocycles.